The highest BCUT2D eigenvalue weighted by Gasteiger charge is 2.26. The van der Waals surface area contributed by atoms with Gasteiger partial charge >= 0.3 is 0 Å². The number of nitrogens with zero attached hydrogens (tertiary/aromatic N) is 6. The number of aromatic nitrogens is 6. The Morgan fingerprint density at radius 3 is 2.85 bits per heavy atom. The van der Waals surface area contributed by atoms with E-state index in [1.165, 1.54) is 25.0 Å². The summed E-state index contributed by atoms with van der Waals surface area (Å²) in [6.07, 6.45) is 7.81. The van der Waals surface area contributed by atoms with Crippen LogP contribution in [0.25, 0.3) is 0 Å². The summed E-state index contributed by atoms with van der Waals surface area (Å²) in [6.45, 7) is 3.67. The monoisotopic (exact) mass is 368 g/mol. The molecule has 6 nitrogen and oxygen atoms in total. The van der Waals surface area contributed by atoms with Crippen molar-refractivity contribution in [2.75, 3.05) is 0 Å². The summed E-state index contributed by atoms with van der Waals surface area (Å²) in [6, 6.07) is 6.62. The molecular weight excluding hydrogens is 343 g/mol. The molecule has 1 aliphatic rings. The molecule has 0 saturated carbocycles. The van der Waals surface area contributed by atoms with Gasteiger partial charge in [0, 0.05) is 25.3 Å². The Morgan fingerprint density at radius 2 is 2.04 bits per heavy atom. The van der Waals surface area contributed by atoms with E-state index in [-0.39, 0.29) is 11.7 Å². The standard InChI is InChI=1S/C20H25FN6/c1-2-3-4-5-18-24-20(16-10-11-26-19(12-16)22-14-23-26)27(25-18)13-15-6-8-17(21)9-7-15/h6-9,14,16H,2-5,10-13H2,1H3. The van der Waals surface area contributed by atoms with Gasteiger partial charge in [0.1, 0.15) is 23.8 Å². The molecule has 0 aliphatic carbocycles. The first-order chi connectivity index (χ1) is 13.2. The quantitative estimate of drug-likeness (QED) is 0.599. The first kappa shape index (κ1) is 17.8. The summed E-state index contributed by atoms with van der Waals surface area (Å²) in [5.41, 5.74) is 1.03. The third-order valence-corrected chi connectivity index (χ3v) is 5.17. The fraction of sp³-hybridized carbons (Fsp3) is 0.500. The lowest BCUT2D eigenvalue weighted by atomic mass is 9.97. The largest absolute Gasteiger partial charge is 0.250 e. The molecule has 1 aliphatic heterocycles. The molecule has 142 valence electrons. The maximum atomic E-state index is 13.2. The van der Waals surface area contributed by atoms with Crippen LogP contribution in [0.2, 0.25) is 0 Å². The average Bonchev–Trinajstić information content (AvgIpc) is 3.30. The van der Waals surface area contributed by atoms with E-state index in [1.54, 1.807) is 6.33 Å². The Labute approximate surface area is 158 Å². The molecule has 0 fully saturated rings. The molecule has 3 aromatic rings. The first-order valence-corrected chi connectivity index (χ1v) is 9.77. The summed E-state index contributed by atoms with van der Waals surface area (Å²) < 4.78 is 17.2. The molecule has 1 aromatic carbocycles. The molecule has 0 spiro atoms. The van der Waals surface area contributed by atoms with Crippen LogP contribution in [-0.4, -0.2) is 29.5 Å². The highest BCUT2D eigenvalue weighted by atomic mass is 19.1. The molecule has 0 saturated heterocycles. The Balaban J connectivity index is 1.58. The van der Waals surface area contributed by atoms with Crippen LogP contribution in [0.5, 0.6) is 0 Å². The minimum atomic E-state index is -0.218. The van der Waals surface area contributed by atoms with Gasteiger partial charge in [0.15, 0.2) is 5.82 Å². The van der Waals surface area contributed by atoms with Crippen molar-refractivity contribution in [3.63, 3.8) is 0 Å². The zero-order valence-electron chi connectivity index (χ0n) is 15.7. The lowest BCUT2D eigenvalue weighted by Gasteiger charge is -2.22. The summed E-state index contributed by atoms with van der Waals surface area (Å²) in [4.78, 5) is 9.27. The van der Waals surface area contributed by atoms with Crippen molar-refractivity contribution in [1.82, 2.24) is 29.5 Å². The summed E-state index contributed by atoms with van der Waals surface area (Å²) in [7, 11) is 0. The topological polar surface area (TPSA) is 61.4 Å². The summed E-state index contributed by atoms with van der Waals surface area (Å²) in [5, 5.41) is 9.05. The van der Waals surface area contributed by atoms with Gasteiger partial charge in [-0.15, -0.1) is 0 Å². The van der Waals surface area contributed by atoms with Gasteiger partial charge in [0.2, 0.25) is 0 Å². The first-order valence-electron chi connectivity index (χ1n) is 9.77. The minimum Gasteiger partial charge on any atom is -0.250 e. The molecule has 1 unspecified atom stereocenters. The molecule has 0 amide bonds. The van der Waals surface area contributed by atoms with E-state index in [0.717, 1.165) is 55.3 Å². The predicted octanol–water partition coefficient (Wildman–Crippen LogP) is 3.52. The fourth-order valence-corrected chi connectivity index (χ4v) is 3.68. The number of hydrogen-bond acceptors (Lipinski definition) is 4. The van der Waals surface area contributed by atoms with E-state index in [4.69, 9.17) is 10.1 Å². The number of halogens is 1. The second-order valence-electron chi connectivity index (χ2n) is 7.22. The fourth-order valence-electron chi connectivity index (χ4n) is 3.68. The number of fused-ring (bicyclic) bond motifs is 1. The minimum absolute atomic E-state index is 0.218. The Bertz CT molecular complexity index is 882. The van der Waals surface area contributed by atoms with Gasteiger partial charge in [-0.2, -0.15) is 10.2 Å². The van der Waals surface area contributed by atoms with Crippen LogP contribution in [0.15, 0.2) is 30.6 Å². The third kappa shape index (κ3) is 4.07. The number of unbranched alkanes of at least 4 members (excludes halogenated alkanes) is 2. The van der Waals surface area contributed by atoms with Gasteiger partial charge in [-0.3, -0.25) is 4.68 Å². The second kappa shape index (κ2) is 7.98. The molecule has 3 heterocycles. The summed E-state index contributed by atoms with van der Waals surface area (Å²) >= 11 is 0. The van der Waals surface area contributed by atoms with Crippen LogP contribution in [0, 0.1) is 5.82 Å². The molecule has 0 bridgehead atoms. The van der Waals surface area contributed by atoms with Gasteiger partial charge in [0.25, 0.3) is 0 Å². The summed E-state index contributed by atoms with van der Waals surface area (Å²) in [5.74, 6) is 3.00. The number of rotatable bonds is 7. The zero-order chi connectivity index (χ0) is 18.6. The van der Waals surface area contributed by atoms with E-state index >= 15 is 0 Å². The van der Waals surface area contributed by atoms with Crippen LogP contribution in [0.4, 0.5) is 4.39 Å². The second-order valence-corrected chi connectivity index (χ2v) is 7.22. The molecule has 27 heavy (non-hydrogen) atoms. The van der Waals surface area contributed by atoms with Gasteiger partial charge in [-0.05, 0) is 30.5 Å². The average molecular weight is 368 g/mol. The van der Waals surface area contributed by atoms with Crippen LogP contribution in [-0.2, 0) is 25.9 Å². The van der Waals surface area contributed by atoms with Crippen molar-refractivity contribution in [2.24, 2.45) is 0 Å². The van der Waals surface area contributed by atoms with Gasteiger partial charge in [-0.25, -0.2) is 19.0 Å². The highest BCUT2D eigenvalue weighted by molar-refractivity contribution is 5.17. The van der Waals surface area contributed by atoms with Crippen molar-refractivity contribution in [3.05, 3.63) is 59.4 Å². The zero-order valence-corrected chi connectivity index (χ0v) is 15.7. The molecule has 0 N–H and O–H groups in total. The normalized spacial score (nSPS) is 16.4. The molecular formula is C20H25FN6. The molecule has 1 atom stereocenters. The Morgan fingerprint density at radius 1 is 1.19 bits per heavy atom. The lowest BCUT2D eigenvalue weighted by Crippen LogP contribution is -2.22. The van der Waals surface area contributed by atoms with Crippen molar-refractivity contribution in [1.29, 1.82) is 0 Å². The van der Waals surface area contributed by atoms with Gasteiger partial charge < -0.3 is 0 Å². The van der Waals surface area contributed by atoms with Crippen molar-refractivity contribution in [2.45, 2.75) is 64.5 Å². The van der Waals surface area contributed by atoms with Crippen LogP contribution in [0.1, 0.15) is 61.6 Å². The van der Waals surface area contributed by atoms with E-state index < -0.39 is 0 Å². The van der Waals surface area contributed by atoms with Crippen molar-refractivity contribution >= 4 is 0 Å². The number of hydrogen-bond donors (Lipinski definition) is 0. The maximum Gasteiger partial charge on any atom is 0.150 e. The van der Waals surface area contributed by atoms with Gasteiger partial charge in [-0.1, -0.05) is 31.9 Å². The van der Waals surface area contributed by atoms with Crippen LogP contribution in [0.3, 0.4) is 0 Å². The van der Waals surface area contributed by atoms with E-state index in [1.807, 2.05) is 21.5 Å². The molecule has 7 heteroatoms. The predicted molar refractivity (Wildman–Crippen MR) is 99.8 cm³/mol. The lowest BCUT2D eigenvalue weighted by molar-refractivity contribution is 0.409. The molecule has 4 rings (SSSR count). The molecule has 0 radical (unpaired) electrons. The Hall–Kier alpha value is -2.57. The SMILES string of the molecule is CCCCCc1nc(C2CCn3ncnc3C2)n(Cc2ccc(F)cc2)n1. The molecule has 2 aromatic heterocycles. The van der Waals surface area contributed by atoms with E-state index in [0.29, 0.717) is 6.54 Å². The highest BCUT2D eigenvalue weighted by Crippen LogP contribution is 2.27. The van der Waals surface area contributed by atoms with Crippen LogP contribution < -0.4 is 0 Å². The Kier molecular flexibility index (Phi) is 5.27. The van der Waals surface area contributed by atoms with Crippen molar-refractivity contribution < 1.29 is 4.39 Å². The third-order valence-electron chi connectivity index (χ3n) is 5.17. The van der Waals surface area contributed by atoms with E-state index in [9.17, 15) is 4.39 Å². The van der Waals surface area contributed by atoms with E-state index in [2.05, 4.69) is 17.0 Å². The number of benzene rings is 1. The van der Waals surface area contributed by atoms with Crippen LogP contribution >= 0.6 is 0 Å². The smallest absolute Gasteiger partial charge is 0.150 e. The maximum absolute atomic E-state index is 13.2. The van der Waals surface area contributed by atoms with Gasteiger partial charge in [0.05, 0.1) is 6.54 Å². The van der Waals surface area contributed by atoms with Crippen molar-refractivity contribution in [3.8, 4) is 0 Å². The number of aryl methyl sites for hydroxylation is 2.